The first-order chi connectivity index (χ1) is 7.99. The Kier molecular flexibility index (Phi) is 3.12. The summed E-state index contributed by atoms with van der Waals surface area (Å²) in [5.74, 6) is -0.956. The average molecular weight is 256 g/mol. The van der Waals surface area contributed by atoms with Crippen molar-refractivity contribution in [3.63, 3.8) is 0 Å². The number of sulfonamides is 1. The molecule has 1 aromatic heterocycles. The molecular weight excluding hydrogens is 244 g/mol. The molecule has 92 valence electrons. The van der Waals surface area contributed by atoms with E-state index in [2.05, 4.69) is 4.98 Å². The van der Waals surface area contributed by atoms with Gasteiger partial charge in [-0.3, -0.25) is 0 Å². The zero-order valence-corrected chi connectivity index (χ0v) is 9.85. The molecule has 0 saturated carbocycles. The van der Waals surface area contributed by atoms with Crippen LogP contribution in [0.3, 0.4) is 0 Å². The number of carboxylic acid groups (broad SMARTS) is 1. The SMILES string of the molecule is O=C(O)c1cccc(CN2CCCS2(=O)=O)n1. The minimum atomic E-state index is -3.17. The van der Waals surface area contributed by atoms with Crippen LogP contribution in [0.25, 0.3) is 0 Å². The highest BCUT2D eigenvalue weighted by atomic mass is 32.2. The van der Waals surface area contributed by atoms with E-state index in [1.165, 1.54) is 10.4 Å². The van der Waals surface area contributed by atoms with Crippen LogP contribution in [-0.2, 0) is 16.6 Å². The highest BCUT2D eigenvalue weighted by Crippen LogP contribution is 2.16. The van der Waals surface area contributed by atoms with E-state index in [0.717, 1.165) is 0 Å². The van der Waals surface area contributed by atoms with E-state index in [-0.39, 0.29) is 18.0 Å². The lowest BCUT2D eigenvalue weighted by atomic mass is 10.3. The van der Waals surface area contributed by atoms with Crippen molar-refractivity contribution >= 4 is 16.0 Å². The van der Waals surface area contributed by atoms with Crippen LogP contribution < -0.4 is 0 Å². The summed E-state index contributed by atoms with van der Waals surface area (Å²) in [6, 6.07) is 4.57. The molecule has 6 nitrogen and oxygen atoms in total. The molecule has 0 radical (unpaired) electrons. The Morgan fingerprint density at radius 1 is 1.47 bits per heavy atom. The van der Waals surface area contributed by atoms with Gasteiger partial charge in [-0.1, -0.05) is 6.07 Å². The first-order valence-electron chi connectivity index (χ1n) is 5.16. The van der Waals surface area contributed by atoms with Crippen LogP contribution in [0.1, 0.15) is 22.6 Å². The Balaban J connectivity index is 2.19. The lowest BCUT2D eigenvalue weighted by Gasteiger charge is -2.13. The molecule has 0 atom stereocenters. The predicted molar refractivity (Wildman–Crippen MR) is 60.0 cm³/mol. The quantitative estimate of drug-likeness (QED) is 0.841. The fourth-order valence-corrected chi connectivity index (χ4v) is 3.22. The summed E-state index contributed by atoms with van der Waals surface area (Å²) in [5.41, 5.74) is 0.384. The third-order valence-electron chi connectivity index (χ3n) is 2.57. The number of aromatic nitrogens is 1. The summed E-state index contributed by atoms with van der Waals surface area (Å²) in [6.07, 6.45) is 0.612. The summed E-state index contributed by atoms with van der Waals surface area (Å²) in [7, 11) is -3.17. The molecule has 0 bridgehead atoms. The molecule has 7 heteroatoms. The predicted octanol–water partition coefficient (Wildman–Crippen LogP) is 0.315. The third-order valence-corrected chi connectivity index (χ3v) is 4.47. The number of rotatable bonds is 3. The van der Waals surface area contributed by atoms with E-state index < -0.39 is 16.0 Å². The molecule has 1 aromatic rings. The molecule has 2 heterocycles. The van der Waals surface area contributed by atoms with Crippen LogP contribution in [0.2, 0.25) is 0 Å². The molecule has 1 aliphatic heterocycles. The van der Waals surface area contributed by atoms with Crippen LogP contribution in [0.4, 0.5) is 0 Å². The number of carboxylic acids is 1. The minimum Gasteiger partial charge on any atom is -0.477 e. The molecular formula is C10H12N2O4S. The van der Waals surface area contributed by atoms with Crippen molar-refractivity contribution in [3.8, 4) is 0 Å². The van der Waals surface area contributed by atoms with Gasteiger partial charge in [-0.15, -0.1) is 0 Å². The molecule has 0 aliphatic carbocycles. The molecule has 0 unspecified atom stereocenters. The van der Waals surface area contributed by atoms with Crippen molar-refractivity contribution in [2.45, 2.75) is 13.0 Å². The van der Waals surface area contributed by atoms with Gasteiger partial charge in [0.1, 0.15) is 5.69 Å². The summed E-state index contributed by atoms with van der Waals surface area (Å²) >= 11 is 0. The number of hydrogen-bond acceptors (Lipinski definition) is 4. The Labute approximate surface area is 98.9 Å². The zero-order valence-electron chi connectivity index (χ0n) is 9.04. The van der Waals surface area contributed by atoms with Gasteiger partial charge in [0.2, 0.25) is 10.0 Å². The van der Waals surface area contributed by atoms with Gasteiger partial charge in [-0.25, -0.2) is 18.2 Å². The van der Waals surface area contributed by atoms with Crippen molar-refractivity contribution in [2.24, 2.45) is 0 Å². The summed E-state index contributed by atoms with van der Waals surface area (Å²) in [5, 5.41) is 8.78. The second-order valence-electron chi connectivity index (χ2n) is 3.82. The molecule has 17 heavy (non-hydrogen) atoms. The third kappa shape index (κ3) is 2.62. The van der Waals surface area contributed by atoms with Crippen LogP contribution in [0.15, 0.2) is 18.2 Å². The van der Waals surface area contributed by atoms with E-state index >= 15 is 0 Å². The number of nitrogens with zero attached hydrogens (tertiary/aromatic N) is 2. The number of pyridine rings is 1. The van der Waals surface area contributed by atoms with Gasteiger partial charge >= 0.3 is 5.97 Å². The van der Waals surface area contributed by atoms with Crippen molar-refractivity contribution in [1.82, 2.24) is 9.29 Å². The van der Waals surface area contributed by atoms with Gasteiger partial charge in [0.15, 0.2) is 0 Å². The highest BCUT2D eigenvalue weighted by Gasteiger charge is 2.28. The lowest BCUT2D eigenvalue weighted by Crippen LogP contribution is -2.25. The standard InChI is InChI=1S/C10H12N2O4S/c13-10(14)9-4-1-3-8(11-9)7-12-5-2-6-17(12,15)16/h1,3-4H,2,5-7H2,(H,13,14). The van der Waals surface area contributed by atoms with E-state index in [1.807, 2.05) is 0 Å². The van der Waals surface area contributed by atoms with Crippen molar-refractivity contribution in [3.05, 3.63) is 29.6 Å². The van der Waals surface area contributed by atoms with Gasteiger partial charge in [0, 0.05) is 6.54 Å². The number of hydrogen-bond donors (Lipinski definition) is 1. The Bertz CT molecular complexity index is 541. The highest BCUT2D eigenvalue weighted by molar-refractivity contribution is 7.89. The first-order valence-corrected chi connectivity index (χ1v) is 6.77. The van der Waals surface area contributed by atoms with E-state index in [9.17, 15) is 13.2 Å². The molecule has 0 spiro atoms. The lowest BCUT2D eigenvalue weighted by molar-refractivity contribution is 0.0690. The van der Waals surface area contributed by atoms with E-state index in [1.54, 1.807) is 12.1 Å². The average Bonchev–Trinajstić information content (AvgIpc) is 2.59. The molecule has 2 rings (SSSR count). The monoisotopic (exact) mass is 256 g/mol. The fraction of sp³-hybridized carbons (Fsp3) is 0.400. The van der Waals surface area contributed by atoms with Gasteiger partial charge in [0.25, 0.3) is 0 Å². The van der Waals surface area contributed by atoms with Crippen LogP contribution >= 0.6 is 0 Å². The second-order valence-corrected chi connectivity index (χ2v) is 5.91. The van der Waals surface area contributed by atoms with Crippen LogP contribution in [0, 0.1) is 0 Å². The molecule has 0 aromatic carbocycles. The van der Waals surface area contributed by atoms with Crippen LogP contribution in [-0.4, -0.2) is 41.1 Å². The zero-order chi connectivity index (χ0) is 12.5. The second kappa shape index (κ2) is 4.42. The van der Waals surface area contributed by atoms with Crippen molar-refractivity contribution < 1.29 is 18.3 Å². The normalized spacial score (nSPS) is 19.3. The number of aromatic carboxylic acids is 1. The Morgan fingerprint density at radius 2 is 2.24 bits per heavy atom. The fourth-order valence-electron chi connectivity index (χ4n) is 1.74. The maximum Gasteiger partial charge on any atom is 0.354 e. The van der Waals surface area contributed by atoms with Crippen molar-refractivity contribution in [2.75, 3.05) is 12.3 Å². The number of carbonyl (C=O) groups is 1. The molecule has 1 N–H and O–H groups in total. The maximum atomic E-state index is 11.6. The van der Waals surface area contributed by atoms with Gasteiger partial charge in [-0.05, 0) is 18.6 Å². The summed E-state index contributed by atoms with van der Waals surface area (Å²) in [4.78, 5) is 14.6. The van der Waals surface area contributed by atoms with Gasteiger partial charge in [-0.2, -0.15) is 4.31 Å². The smallest absolute Gasteiger partial charge is 0.354 e. The molecule has 1 saturated heterocycles. The first kappa shape index (κ1) is 12.0. The van der Waals surface area contributed by atoms with Gasteiger partial charge in [0.05, 0.1) is 18.0 Å². The van der Waals surface area contributed by atoms with E-state index in [4.69, 9.17) is 5.11 Å². The Hall–Kier alpha value is -1.47. The summed E-state index contributed by atoms with van der Waals surface area (Å²) < 4.78 is 24.5. The molecule has 1 aliphatic rings. The topological polar surface area (TPSA) is 87.6 Å². The Morgan fingerprint density at radius 3 is 2.82 bits per heavy atom. The van der Waals surface area contributed by atoms with Crippen molar-refractivity contribution in [1.29, 1.82) is 0 Å². The largest absolute Gasteiger partial charge is 0.477 e. The minimum absolute atomic E-state index is 0.0703. The van der Waals surface area contributed by atoms with E-state index in [0.29, 0.717) is 18.7 Å². The molecule has 0 amide bonds. The molecule has 1 fully saturated rings. The maximum absolute atomic E-state index is 11.6. The van der Waals surface area contributed by atoms with Gasteiger partial charge < -0.3 is 5.11 Å². The van der Waals surface area contributed by atoms with Crippen LogP contribution in [0.5, 0.6) is 0 Å². The summed E-state index contributed by atoms with van der Waals surface area (Å²) in [6.45, 7) is 0.616.